The number of anilines is 1. The fourth-order valence-electron chi connectivity index (χ4n) is 2.53. The molecule has 0 fully saturated rings. The molecule has 2 aromatic carbocycles. The van der Waals surface area contributed by atoms with Crippen molar-refractivity contribution in [2.45, 2.75) is 26.0 Å². The van der Waals surface area contributed by atoms with Crippen LogP contribution in [0.25, 0.3) is 11.5 Å². The van der Waals surface area contributed by atoms with E-state index < -0.39 is 10.8 Å². The molecule has 1 heterocycles. The molecule has 3 aromatic rings. The lowest BCUT2D eigenvalue weighted by Gasteiger charge is -2.08. The van der Waals surface area contributed by atoms with Crippen molar-refractivity contribution in [2.24, 2.45) is 0 Å². The van der Waals surface area contributed by atoms with E-state index >= 15 is 0 Å². The number of amides is 1. The first kappa shape index (κ1) is 19.6. The largest absolute Gasteiger partial charge is 0.411 e. The zero-order valence-electron chi connectivity index (χ0n) is 15.6. The third kappa shape index (κ3) is 4.55. The molecule has 0 aliphatic heterocycles. The summed E-state index contributed by atoms with van der Waals surface area (Å²) in [6.45, 7) is 5.58. The van der Waals surface area contributed by atoms with Gasteiger partial charge in [0.05, 0.1) is 10.7 Å². The highest BCUT2D eigenvalue weighted by Crippen LogP contribution is 2.29. The van der Waals surface area contributed by atoms with Crippen molar-refractivity contribution in [1.82, 2.24) is 10.2 Å². The number of carbonyl (C=O) groups is 1. The van der Waals surface area contributed by atoms with Gasteiger partial charge >= 0.3 is 0 Å². The maximum atomic E-state index is 12.2. The second-order valence-electron chi connectivity index (χ2n) is 6.29. The van der Waals surface area contributed by atoms with E-state index in [1.54, 1.807) is 13.0 Å². The van der Waals surface area contributed by atoms with Crippen molar-refractivity contribution in [1.29, 1.82) is 0 Å². The first-order valence-corrected chi connectivity index (χ1v) is 9.41. The van der Waals surface area contributed by atoms with Crippen LogP contribution in [0, 0.1) is 30.9 Å². The van der Waals surface area contributed by atoms with E-state index in [1.165, 1.54) is 6.07 Å². The van der Waals surface area contributed by atoms with Gasteiger partial charge in [0.1, 0.15) is 5.69 Å². The molecular weight excluding hydrogens is 380 g/mol. The van der Waals surface area contributed by atoms with Crippen LogP contribution in [0.3, 0.4) is 0 Å². The van der Waals surface area contributed by atoms with Crippen molar-refractivity contribution in [3.63, 3.8) is 0 Å². The zero-order valence-corrected chi connectivity index (χ0v) is 16.4. The van der Waals surface area contributed by atoms with E-state index in [-0.39, 0.29) is 22.4 Å². The number of nitro groups is 1. The Balaban J connectivity index is 1.66. The molecule has 0 aliphatic carbocycles. The molecule has 0 aliphatic rings. The van der Waals surface area contributed by atoms with Gasteiger partial charge in [-0.25, -0.2) is 0 Å². The molecule has 8 nitrogen and oxygen atoms in total. The van der Waals surface area contributed by atoms with Crippen LogP contribution < -0.4 is 5.32 Å². The fourth-order valence-corrected chi connectivity index (χ4v) is 3.09. The van der Waals surface area contributed by atoms with Crippen LogP contribution in [0.15, 0.2) is 46.0 Å². The van der Waals surface area contributed by atoms with Gasteiger partial charge in [-0.2, -0.15) is 0 Å². The van der Waals surface area contributed by atoms with Gasteiger partial charge in [0.15, 0.2) is 0 Å². The maximum absolute atomic E-state index is 12.2. The third-order valence-corrected chi connectivity index (χ3v) is 4.90. The van der Waals surface area contributed by atoms with Crippen molar-refractivity contribution in [3.05, 3.63) is 63.2 Å². The number of benzene rings is 2. The molecule has 0 saturated heterocycles. The first-order valence-electron chi connectivity index (χ1n) is 8.42. The van der Waals surface area contributed by atoms with Gasteiger partial charge in [0, 0.05) is 11.6 Å². The zero-order chi connectivity index (χ0) is 20.3. The molecule has 28 heavy (non-hydrogen) atoms. The van der Waals surface area contributed by atoms with Gasteiger partial charge in [0.2, 0.25) is 11.8 Å². The highest BCUT2D eigenvalue weighted by molar-refractivity contribution is 7.99. The number of aryl methyl sites for hydroxylation is 3. The molecule has 1 N–H and O–H groups in total. The number of nitrogens with one attached hydrogen (secondary N) is 1. The number of carbonyl (C=O) groups excluding carboxylic acids is 1. The summed E-state index contributed by atoms with van der Waals surface area (Å²) >= 11 is 1.07. The van der Waals surface area contributed by atoms with Crippen molar-refractivity contribution < 1.29 is 14.1 Å². The molecule has 0 unspecified atom stereocenters. The van der Waals surface area contributed by atoms with Gasteiger partial charge in [-0.3, -0.25) is 14.9 Å². The highest BCUT2D eigenvalue weighted by atomic mass is 32.2. The molecule has 0 bridgehead atoms. The van der Waals surface area contributed by atoms with E-state index in [4.69, 9.17) is 4.42 Å². The summed E-state index contributed by atoms with van der Waals surface area (Å²) in [5.74, 6) is -0.0393. The SMILES string of the molecule is Cc1cccc(-c2nnc(SCC(=O)Nc3cc(C)c(C)cc3[N+](=O)[O-])o2)c1. The number of hydrogen-bond acceptors (Lipinski definition) is 7. The van der Waals surface area contributed by atoms with Gasteiger partial charge in [0.25, 0.3) is 10.9 Å². The average Bonchev–Trinajstić information content (AvgIpc) is 3.12. The van der Waals surface area contributed by atoms with Crippen LogP contribution in [-0.2, 0) is 4.79 Å². The summed E-state index contributed by atoms with van der Waals surface area (Å²) < 4.78 is 5.57. The Morgan fingerprint density at radius 2 is 1.93 bits per heavy atom. The summed E-state index contributed by atoms with van der Waals surface area (Å²) in [5.41, 5.74) is 3.54. The van der Waals surface area contributed by atoms with Crippen molar-refractivity contribution in [2.75, 3.05) is 11.1 Å². The Labute approximate surface area is 165 Å². The lowest BCUT2D eigenvalue weighted by Crippen LogP contribution is -2.15. The molecule has 0 radical (unpaired) electrons. The number of nitro benzene ring substituents is 1. The summed E-state index contributed by atoms with van der Waals surface area (Å²) in [4.78, 5) is 22.9. The Bertz CT molecular complexity index is 1050. The number of aromatic nitrogens is 2. The lowest BCUT2D eigenvalue weighted by atomic mass is 10.1. The Morgan fingerprint density at radius 3 is 2.64 bits per heavy atom. The Hall–Kier alpha value is -3.20. The Morgan fingerprint density at radius 1 is 1.18 bits per heavy atom. The van der Waals surface area contributed by atoms with Crippen LogP contribution in [-0.4, -0.2) is 26.8 Å². The van der Waals surface area contributed by atoms with Crippen molar-refractivity contribution >= 4 is 29.0 Å². The van der Waals surface area contributed by atoms with Gasteiger partial charge < -0.3 is 9.73 Å². The quantitative estimate of drug-likeness (QED) is 0.374. The van der Waals surface area contributed by atoms with Crippen LogP contribution in [0.5, 0.6) is 0 Å². The molecule has 9 heteroatoms. The fraction of sp³-hybridized carbons (Fsp3) is 0.211. The monoisotopic (exact) mass is 398 g/mol. The van der Waals surface area contributed by atoms with Gasteiger partial charge in [-0.15, -0.1) is 10.2 Å². The molecule has 0 saturated carbocycles. The van der Waals surface area contributed by atoms with E-state index in [2.05, 4.69) is 15.5 Å². The molecule has 0 atom stereocenters. The van der Waals surface area contributed by atoms with E-state index in [1.807, 2.05) is 38.1 Å². The minimum absolute atomic E-state index is 0.0144. The second kappa shape index (κ2) is 8.22. The van der Waals surface area contributed by atoms with Crippen LogP contribution in [0.4, 0.5) is 11.4 Å². The predicted molar refractivity (Wildman–Crippen MR) is 106 cm³/mol. The average molecular weight is 398 g/mol. The number of rotatable bonds is 6. The van der Waals surface area contributed by atoms with Crippen LogP contribution in [0.2, 0.25) is 0 Å². The van der Waals surface area contributed by atoms with E-state index in [9.17, 15) is 14.9 Å². The topological polar surface area (TPSA) is 111 Å². The van der Waals surface area contributed by atoms with Crippen LogP contribution in [0.1, 0.15) is 16.7 Å². The summed E-state index contributed by atoms with van der Waals surface area (Å²) in [6.07, 6.45) is 0. The number of nitrogens with zero attached hydrogens (tertiary/aromatic N) is 3. The molecule has 144 valence electrons. The van der Waals surface area contributed by atoms with E-state index in [0.29, 0.717) is 5.89 Å². The van der Waals surface area contributed by atoms with Gasteiger partial charge in [-0.1, -0.05) is 29.5 Å². The third-order valence-electron chi connectivity index (χ3n) is 4.08. The summed E-state index contributed by atoms with van der Waals surface area (Å²) in [6, 6.07) is 10.7. The Kier molecular flexibility index (Phi) is 5.74. The number of thioether (sulfide) groups is 1. The van der Waals surface area contributed by atoms with Crippen molar-refractivity contribution in [3.8, 4) is 11.5 Å². The van der Waals surface area contributed by atoms with E-state index in [0.717, 1.165) is 34.0 Å². The summed E-state index contributed by atoms with van der Waals surface area (Å²) in [5, 5.41) is 22.0. The molecule has 0 spiro atoms. The van der Waals surface area contributed by atoms with Crippen LogP contribution >= 0.6 is 11.8 Å². The second-order valence-corrected chi connectivity index (χ2v) is 7.22. The highest BCUT2D eigenvalue weighted by Gasteiger charge is 2.18. The molecular formula is C19H18N4O4S. The maximum Gasteiger partial charge on any atom is 0.293 e. The molecule has 1 amide bonds. The minimum Gasteiger partial charge on any atom is -0.411 e. The predicted octanol–water partition coefficient (Wildman–Crippen LogP) is 4.30. The molecule has 1 aromatic heterocycles. The minimum atomic E-state index is -0.513. The normalized spacial score (nSPS) is 10.7. The first-order chi connectivity index (χ1) is 13.3. The summed E-state index contributed by atoms with van der Waals surface area (Å²) in [7, 11) is 0. The number of hydrogen-bond donors (Lipinski definition) is 1. The lowest BCUT2D eigenvalue weighted by molar-refractivity contribution is -0.384. The van der Waals surface area contributed by atoms with Gasteiger partial charge in [-0.05, 0) is 50.1 Å². The molecule has 3 rings (SSSR count). The smallest absolute Gasteiger partial charge is 0.293 e. The standard InChI is InChI=1S/C19H18N4O4S/c1-11-5-4-6-14(7-11)18-21-22-19(27-18)28-10-17(24)20-15-8-12(2)13(3)9-16(15)23(25)26/h4-9H,10H2,1-3H3,(H,20,24).